The van der Waals surface area contributed by atoms with Gasteiger partial charge in [-0.15, -0.1) is 0 Å². The highest BCUT2D eigenvalue weighted by Gasteiger charge is 2.31. The Balaban J connectivity index is 2.29. The zero-order valence-electron chi connectivity index (χ0n) is 9.30. The van der Waals surface area contributed by atoms with Gasteiger partial charge in [0.1, 0.15) is 0 Å². The average Bonchev–Trinajstić information content (AvgIpc) is 2.27. The van der Waals surface area contributed by atoms with Gasteiger partial charge < -0.3 is 4.74 Å². The van der Waals surface area contributed by atoms with Crippen LogP contribution in [0, 0.1) is 5.92 Å². The maximum atomic E-state index is 13.4. The third-order valence-corrected chi connectivity index (χ3v) is 2.96. The molecule has 0 aliphatic heterocycles. The first-order chi connectivity index (χ1) is 7.06. The summed E-state index contributed by atoms with van der Waals surface area (Å²) in [4.78, 5) is 11.3. The topological polar surface area (TPSA) is 26.3 Å². The number of carbonyl (C=O) groups is 1. The molecule has 0 bridgehead atoms. The summed E-state index contributed by atoms with van der Waals surface area (Å²) in [6.45, 7) is 4.80. The van der Waals surface area contributed by atoms with Crippen LogP contribution in [0.4, 0.5) is 4.39 Å². The SMILES string of the molecule is C=CC(C)(F)C(=O)OCC1CCCCC1. The van der Waals surface area contributed by atoms with Crippen LogP contribution in [0.2, 0.25) is 0 Å². The van der Waals surface area contributed by atoms with Crippen molar-refractivity contribution in [1.82, 2.24) is 0 Å². The van der Waals surface area contributed by atoms with E-state index in [2.05, 4.69) is 6.58 Å². The highest BCUT2D eigenvalue weighted by molar-refractivity contribution is 5.81. The molecule has 1 fully saturated rings. The average molecular weight is 214 g/mol. The molecule has 0 radical (unpaired) electrons. The molecule has 0 N–H and O–H groups in total. The standard InChI is InChI=1S/C12H19FO2/c1-3-12(2,13)11(14)15-9-10-7-5-4-6-8-10/h3,10H,1,4-9H2,2H3. The highest BCUT2D eigenvalue weighted by atomic mass is 19.1. The number of esters is 1. The molecule has 3 heteroatoms. The number of ether oxygens (including phenoxy) is 1. The lowest BCUT2D eigenvalue weighted by atomic mass is 9.90. The van der Waals surface area contributed by atoms with E-state index in [1.54, 1.807) is 0 Å². The minimum absolute atomic E-state index is 0.353. The maximum Gasteiger partial charge on any atom is 0.347 e. The highest BCUT2D eigenvalue weighted by Crippen LogP contribution is 2.24. The van der Waals surface area contributed by atoms with Crippen LogP contribution in [-0.4, -0.2) is 18.2 Å². The van der Waals surface area contributed by atoms with Gasteiger partial charge in [-0.3, -0.25) is 0 Å². The Morgan fingerprint density at radius 3 is 2.67 bits per heavy atom. The van der Waals surface area contributed by atoms with Gasteiger partial charge in [0.25, 0.3) is 0 Å². The molecule has 2 nitrogen and oxygen atoms in total. The van der Waals surface area contributed by atoms with Gasteiger partial charge >= 0.3 is 5.97 Å². The fourth-order valence-electron chi connectivity index (χ4n) is 1.77. The lowest BCUT2D eigenvalue weighted by Crippen LogP contribution is -2.31. The summed E-state index contributed by atoms with van der Waals surface area (Å²) in [5.74, 6) is -0.397. The summed E-state index contributed by atoms with van der Waals surface area (Å²) in [7, 11) is 0. The molecule has 0 aromatic rings. The molecule has 0 spiro atoms. The van der Waals surface area contributed by atoms with Crippen LogP contribution in [0.15, 0.2) is 12.7 Å². The number of halogens is 1. The molecule has 1 atom stereocenters. The molecule has 0 amide bonds. The van der Waals surface area contributed by atoms with E-state index in [4.69, 9.17) is 4.74 Å². The van der Waals surface area contributed by atoms with Gasteiger partial charge in [0.15, 0.2) is 0 Å². The molecule has 1 aliphatic rings. The van der Waals surface area contributed by atoms with E-state index in [1.807, 2.05) is 0 Å². The van der Waals surface area contributed by atoms with Crippen molar-refractivity contribution in [2.24, 2.45) is 5.92 Å². The molecular weight excluding hydrogens is 195 g/mol. The molecule has 86 valence electrons. The van der Waals surface area contributed by atoms with Crippen LogP contribution in [0.5, 0.6) is 0 Å². The van der Waals surface area contributed by atoms with E-state index >= 15 is 0 Å². The van der Waals surface area contributed by atoms with E-state index < -0.39 is 11.6 Å². The van der Waals surface area contributed by atoms with E-state index in [0.29, 0.717) is 12.5 Å². The third kappa shape index (κ3) is 3.65. The first-order valence-corrected chi connectivity index (χ1v) is 5.56. The molecule has 0 heterocycles. The van der Waals surface area contributed by atoms with Crippen molar-refractivity contribution in [2.75, 3.05) is 6.61 Å². The number of carbonyl (C=O) groups excluding carboxylic acids is 1. The largest absolute Gasteiger partial charge is 0.463 e. The van der Waals surface area contributed by atoms with Crippen LogP contribution in [0.3, 0.4) is 0 Å². The smallest absolute Gasteiger partial charge is 0.347 e. The third-order valence-electron chi connectivity index (χ3n) is 2.96. The number of alkyl halides is 1. The maximum absolute atomic E-state index is 13.4. The quantitative estimate of drug-likeness (QED) is 0.531. The number of hydrogen-bond donors (Lipinski definition) is 0. The Kier molecular flexibility index (Phi) is 4.30. The van der Waals surface area contributed by atoms with Crippen molar-refractivity contribution in [1.29, 1.82) is 0 Å². The zero-order chi connectivity index (χ0) is 11.3. The van der Waals surface area contributed by atoms with Gasteiger partial charge in [-0.25, -0.2) is 9.18 Å². The van der Waals surface area contributed by atoms with Crippen molar-refractivity contribution in [2.45, 2.75) is 44.7 Å². The van der Waals surface area contributed by atoms with E-state index in [-0.39, 0.29) is 0 Å². The van der Waals surface area contributed by atoms with Gasteiger partial charge in [-0.2, -0.15) is 0 Å². The summed E-state index contributed by atoms with van der Waals surface area (Å²) < 4.78 is 18.3. The predicted molar refractivity (Wildman–Crippen MR) is 57.2 cm³/mol. The van der Waals surface area contributed by atoms with E-state index in [1.165, 1.54) is 26.2 Å². The van der Waals surface area contributed by atoms with Crippen LogP contribution in [-0.2, 0) is 9.53 Å². The van der Waals surface area contributed by atoms with Crippen molar-refractivity contribution in [3.8, 4) is 0 Å². The van der Waals surface area contributed by atoms with Gasteiger partial charge in [0.05, 0.1) is 6.61 Å². The first kappa shape index (κ1) is 12.2. The molecular formula is C12H19FO2. The zero-order valence-corrected chi connectivity index (χ0v) is 9.30. The molecule has 1 unspecified atom stereocenters. The van der Waals surface area contributed by atoms with E-state index in [9.17, 15) is 9.18 Å². The lowest BCUT2D eigenvalue weighted by molar-refractivity contribution is -0.155. The molecule has 1 aliphatic carbocycles. The molecule has 0 aromatic carbocycles. The van der Waals surface area contributed by atoms with Crippen molar-refractivity contribution in [3.63, 3.8) is 0 Å². The lowest BCUT2D eigenvalue weighted by Gasteiger charge is -2.22. The summed E-state index contributed by atoms with van der Waals surface area (Å²) in [5, 5.41) is 0. The molecule has 0 saturated heterocycles. The van der Waals surface area contributed by atoms with Crippen molar-refractivity contribution < 1.29 is 13.9 Å². The molecule has 1 rings (SSSR count). The van der Waals surface area contributed by atoms with Gasteiger partial charge in [-0.1, -0.05) is 25.8 Å². The van der Waals surface area contributed by atoms with E-state index in [0.717, 1.165) is 18.9 Å². The second kappa shape index (κ2) is 5.29. The number of hydrogen-bond acceptors (Lipinski definition) is 2. The molecule has 15 heavy (non-hydrogen) atoms. The fourth-order valence-corrected chi connectivity index (χ4v) is 1.77. The van der Waals surface area contributed by atoms with Crippen LogP contribution < -0.4 is 0 Å². The van der Waals surface area contributed by atoms with Crippen molar-refractivity contribution >= 4 is 5.97 Å². The Labute approximate surface area is 90.5 Å². The first-order valence-electron chi connectivity index (χ1n) is 5.56. The number of rotatable bonds is 4. The Bertz CT molecular complexity index is 230. The second-order valence-electron chi connectivity index (χ2n) is 4.38. The minimum Gasteiger partial charge on any atom is -0.463 e. The van der Waals surface area contributed by atoms with Gasteiger partial charge in [-0.05, 0) is 31.8 Å². The monoisotopic (exact) mass is 214 g/mol. The summed E-state index contributed by atoms with van der Waals surface area (Å²) >= 11 is 0. The summed E-state index contributed by atoms with van der Waals surface area (Å²) in [5.41, 5.74) is -2.05. The molecule has 0 aromatic heterocycles. The van der Waals surface area contributed by atoms with Crippen LogP contribution in [0.25, 0.3) is 0 Å². The Morgan fingerprint density at radius 1 is 1.53 bits per heavy atom. The Hall–Kier alpha value is -0.860. The van der Waals surface area contributed by atoms with Gasteiger partial charge in [0, 0.05) is 0 Å². The van der Waals surface area contributed by atoms with Crippen LogP contribution >= 0.6 is 0 Å². The molecule has 1 saturated carbocycles. The minimum atomic E-state index is -2.05. The van der Waals surface area contributed by atoms with Gasteiger partial charge in [0.2, 0.25) is 5.67 Å². The predicted octanol–water partition coefficient (Wildman–Crippen LogP) is 3.02. The summed E-state index contributed by atoms with van der Waals surface area (Å²) in [6, 6.07) is 0. The fraction of sp³-hybridized carbons (Fsp3) is 0.750. The Morgan fingerprint density at radius 2 is 2.13 bits per heavy atom. The normalized spacial score (nSPS) is 21.7. The van der Waals surface area contributed by atoms with Crippen molar-refractivity contribution in [3.05, 3.63) is 12.7 Å². The second-order valence-corrected chi connectivity index (χ2v) is 4.38. The van der Waals surface area contributed by atoms with Crippen LogP contribution in [0.1, 0.15) is 39.0 Å². The summed E-state index contributed by atoms with van der Waals surface area (Å²) in [6.07, 6.45) is 6.80.